The van der Waals surface area contributed by atoms with Crippen molar-refractivity contribution in [3.63, 3.8) is 0 Å². The lowest BCUT2D eigenvalue weighted by Crippen LogP contribution is -2.55. The van der Waals surface area contributed by atoms with Crippen molar-refractivity contribution in [2.45, 2.75) is 91.3 Å². The van der Waals surface area contributed by atoms with Gasteiger partial charge in [0.1, 0.15) is 0 Å². The summed E-state index contributed by atoms with van der Waals surface area (Å²) in [6.45, 7) is 13.5. The predicted molar refractivity (Wildman–Crippen MR) is 160 cm³/mol. The number of hydrogen-bond acceptors (Lipinski definition) is 6. The summed E-state index contributed by atoms with van der Waals surface area (Å²) in [7, 11) is 0. The van der Waals surface area contributed by atoms with Crippen LogP contribution in [-0.2, 0) is 13.0 Å². The first-order chi connectivity index (χ1) is 18.7. The van der Waals surface area contributed by atoms with Crippen LogP contribution < -0.4 is 11.3 Å². The maximum Gasteiger partial charge on any atom is 0.255 e. The zero-order valence-corrected chi connectivity index (χ0v) is 24.9. The Morgan fingerprint density at radius 3 is 2.59 bits per heavy atom. The van der Waals surface area contributed by atoms with Crippen molar-refractivity contribution in [2.75, 3.05) is 19.6 Å². The fraction of sp³-hybridized carbons (Fsp3) is 0.581. The molecule has 0 aromatic carbocycles. The van der Waals surface area contributed by atoms with Crippen LogP contribution in [0.2, 0.25) is 0 Å². The van der Waals surface area contributed by atoms with E-state index < -0.39 is 0 Å². The van der Waals surface area contributed by atoms with Gasteiger partial charge in [0.25, 0.3) is 11.5 Å². The Kier molecular flexibility index (Phi) is 8.15. The second-order valence-electron chi connectivity index (χ2n) is 11.9. The minimum absolute atomic E-state index is 0.0821. The minimum Gasteiger partial charge on any atom is -0.405 e. The highest BCUT2D eigenvalue weighted by Crippen LogP contribution is 2.44. The molecule has 1 atom stereocenters. The van der Waals surface area contributed by atoms with Crippen LogP contribution in [-0.4, -0.2) is 58.1 Å². The summed E-state index contributed by atoms with van der Waals surface area (Å²) < 4.78 is 0. The molecule has 7 nitrogen and oxygen atoms in total. The highest BCUT2D eigenvalue weighted by Gasteiger charge is 2.37. The first kappa shape index (κ1) is 27.8. The number of aromatic nitrogens is 1. The third kappa shape index (κ3) is 5.64. The van der Waals surface area contributed by atoms with E-state index in [0.29, 0.717) is 42.6 Å². The average molecular weight is 550 g/mol. The molecule has 2 fully saturated rings. The number of carbonyl (C=O) groups excluding carboxylic acids is 1. The summed E-state index contributed by atoms with van der Waals surface area (Å²) >= 11 is 1.86. The van der Waals surface area contributed by atoms with Gasteiger partial charge in [0.15, 0.2) is 0 Å². The minimum atomic E-state index is -0.0848. The number of rotatable bonds is 7. The van der Waals surface area contributed by atoms with Gasteiger partial charge >= 0.3 is 0 Å². The van der Waals surface area contributed by atoms with Crippen LogP contribution >= 0.6 is 11.3 Å². The standard InChI is InChI=1S/C31H43N5O2S/c1-18-14-20(3)34-30(37)26(18)17-35-13-11-27-28(31(35)38)22(5)29(39-27)21(4)23-6-8-25(9-7-23)36-15-24(16-36)33-19(2)10-12-32/h10,12,14,21,23-25H,6-9,11,13,15-17,32H2,1-5H3,(H,34,37)/t21-,23?,25?/m1/s1. The Morgan fingerprint density at radius 2 is 1.92 bits per heavy atom. The number of aryl methyl sites for hydroxylation is 2. The Balaban J connectivity index is 1.21. The number of carbonyl (C=O) groups is 1. The lowest BCUT2D eigenvalue weighted by Gasteiger charge is -2.46. The maximum absolute atomic E-state index is 13.6. The van der Waals surface area contributed by atoms with Gasteiger partial charge in [-0.1, -0.05) is 6.92 Å². The zero-order valence-electron chi connectivity index (χ0n) is 24.0. The molecule has 1 saturated heterocycles. The Labute approximate surface area is 236 Å². The van der Waals surface area contributed by atoms with Crippen LogP contribution in [0.5, 0.6) is 0 Å². The van der Waals surface area contributed by atoms with E-state index in [-0.39, 0.29) is 11.5 Å². The van der Waals surface area contributed by atoms with Crippen LogP contribution in [0.15, 0.2) is 28.1 Å². The molecule has 2 aliphatic heterocycles. The smallest absolute Gasteiger partial charge is 0.255 e. The number of H-pyrrole nitrogens is 1. The van der Waals surface area contributed by atoms with Gasteiger partial charge in [0.2, 0.25) is 0 Å². The molecular weight excluding hydrogens is 506 g/mol. The topological polar surface area (TPSA) is 94.8 Å². The number of likely N-dealkylation sites (tertiary alicyclic amines) is 1. The molecule has 1 aliphatic carbocycles. The molecule has 0 unspecified atom stereocenters. The molecule has 0 radical (unpaired) electrons. The highest BCUT2D eigenvalue weighted by atomic mass is 32.1. The summed E-state index contributed by atoms with van der Waals surface area (Å²) in [4.78, 5) is 41.0. The fourth-order valence-electron chi connectivity index (χ4n) is 6.92. The molecule has 3 aliphatic rings. The largest absolute Gasteiger partial charge is 0.405 e. The van der Waals surface area contributed by atoms with Gasteiger partial charge in [-0.25, -0.2) is 0 Å². The Bertz CT molecular complexity index is 1340. The average Bonchev–Trinajstić information content (AvgIpc) is 3.21. The number of fused-ring (bicyclic) bond motifs is 1. The van der Waals surface area contributed by atoms with Crippen molar-refractivity contribution in [2.24, 2.45) is 16.6 Å². The van der Waals surface area contributed by atoms with E-state index in [1.165, 1.54) is 41.0 Å². The van der Waals surface area contributed by atoms with E-state index in [0.717, 1.165) is 42.0 Å². The first-order valence-corrected chi connectivity index (χ1v) is 15.3. The number of allylic oxidation sites excluding steroid dienone is 1. The third-order valence-electron chi connectivity index (χ3n) is 9.20. The normalized spacial score (nSPS) is 23.8. The highest BCUT2D eigenvalue weighted by molar-refractivity contribution is 7.12. The first-order valence-electron chi connectivity index (χ1n) is 14.4. The van der Waals surface area contributed by atoms with E-state index in [1.54, 1.807) is 6.20 Å². The lowest BCUT2D eigenvalue weighted by molar-refractivity contribution is 0.0595. The molecule has 5 rings (SSSR count). The maximum atomic E-state index is 13.6. The molecule has 1 saturated carbocycles. The van der Waals surface area contributed by atoms with Gasteiger partial charge in [-0.3, -0.25) is 19.5 Å². The Hall–Kier alpha value is -2.71. The Morgan fingerprint density at radius 1 is 1.21 bits per heavy atom. The quantitative estimate of drug-likeness (QED) is 0.483. The number of pyridine rings is 1. The molecule has 0 spiro atoms. The zero-order chi connectivity index (χ0) is 27.8. The van der Waals surface area contributed by atoms with Crippen LogP contribution in [0.4, 0.5) is 0 Å². The van der Waals surface area contributed by atoms with Crippen molar-refractivity contribution >= 4 is 23.0 Å². The molecule has 210 valence electrons. The van der Waals surface area contributed by atoms with Crippen molar-refractivity contribution in [3.05, 3.63) is 66.4 Å². The summed E-state index contributed by atoms with van der Waals surface area (Å²) in [5.74, 6) is 1.20. The van der Waals surface area contributed by atoms with Crippen molar-refractivity contribution < 1.29 is 4.79 Å². The monoisotopic (exact) mass is 549 g/mol. The predicted octanol–water partition coefficient (Wildman–Crippen LogP) is 4.84. The van der Waals surface area contributed by atoms with E-state index in [4.69, 9.17) is 10.7 Å². The number of amides is 1. The molecule has 2 aromatic rings. The van der Waals surface area contributed by atoms with Gasteiger partial charge in [-0.2, -0.15) is 0 Å². The molecule has 4 heterocycles. The SMILES string of the molecule is CC(C=CN)=NC1CN(C2CCC([C@@H](C)c3sc4c(c3C)C(=O)N(Cc3c(C)cc(C)[nH]c3=O)CC4)CC2)C1. The second kappa shape index (κ2) is 11.4. The van der Waals surface area contributed by atoms with Crippen LogP contribution in [0, 0.1) is 26.7 Å². The van der Waals surface area contributed by atoms with Gasteiger partial charge in [-0.15, -0.1) is 11.3 Å². The van der Waals surface area contributed by atoms with Crippen LogP contribution in [0.1, 0.15) is 87.9 Å². The van der Waals surface area contributed by atoms with Crippen LogP contribution in [0.3, 0.4) is 0 Å². The number of thiophene rings is 1. The molecule has 39 heavy (non-hydrogen) atoms. The van der Waals surface area contributed by atoms with Gasteiger partial charge < -0.3 is 15.6 Å². The van der Waals surface area contributed by atoms with Crippen molar-refractivity contribution in [1.82, 2.24) is 14.8 Å². The number of aromatic amines is 1. The van der Waals surface area contributed by atoms with Gasteiger partial charge in [-0.05, 0) is 94.7 Å². The fourth-order valence-corrected chi connectivity index (χ4v) is 8.35. The van der Waals surface area contributed by atoms with E-state index in [2.05, 4.69) is 23.7 Å². The second-order valence-corrected chi connectivity index (χ2v) is 13.0. The summed E-state index contributed by atoms with van der Waals surface area (Å²) in [6.07, 6.45) is 9.27. The number of hydrogen-bond donors (Lipinski definition) is 2. The van der Waals surface area contributed by atoms with Crippen molar-refractivity contribution in [1.29, 1.82) is 0 Å². The summed E-state index contributed by atoms with van der Waals surface area (Å²) in [5.41, 5.74) is 11.0. The number of nitrogens with two attached hydrogens (primary N) is 1. The number of nitrogens with zero attached hydrogens (tertiary/aromatic N) is 3. The van der Waals surface area contributed by atoms with E-state index >= 15 is 0 Å². The number of nitrogens with one attached hydrogen (secondary N) is 1. The molecule has 8 heteroatoms. The molecule has 0 bridgehead atoms. The van der Waals surface area contributed by atoms with Gasteiger partial charge in [0, 0.05) is 58.8 Å². The molecule has 1 amide bonds. The van der Waals surface area contributed by atoms with Crippen molar-refractivity contribution in [3.8, 4) is 0 Å². The number of aliphatic imine (C=N–C) groups is 1. The molecule has 3 N–H and O–H groups in total. The van der Waals surface area contributed by atoms with Gasteiger partial charge in [0.05, 0.1) is 18.2 Å². The van der Waals surface area contributed by atoms with E-state index in [9.17, 15) is 9.59 Å². The lowest BCUT2D eigenvalue weighted by atomic mass is 9.76. The third-order valence-corrected chi connectivity index (χ3v) is 10.8. The van der Waals surface area contributed by atoms with E-state index in [1.807, 2.05) is 49.2 Å². The summed E-state index contributed by atoms with van der Waals surface area (Å²) in [6, 6.07) is 3.06. The molecular formula is C31H43N5O2S. The molecule has 2 aromatic heterocycles. The van der Waals surface area contributed by atoms with Crippen LogP contribution in [0.25, 0.3) is 0 Å². The summed E-state index contributed by atoms with van der Waals surface area (Å²) in [5, 5.41) is 0.